The Morgan fingerprint density at radius 3 is 2.77 bits per heavy atom. The van der Waals surface area contributed by atoms with E-state index < -0.39 is 0 Å². The quantitative estimate of drug-likeness (QED) is 0.878. The normalized spacial score (nSPS) is 29.5. The molecular weight excluding hydrogens is 276 g/mol. The lowest BCUT2D eigenvalue weighted by molar-refractivity contribution is 0.0936. The number of piperidine rings is 1. The van der Waals surface area contributed by atoms with Crippen molar-refractivity contribution in [3.63, 3.8) is 0 Å². The molecule has 1 saturated carbocycles. The van der Waals surface area contributed by atoms with Crippen LogP contribution in [0, 0.1) is 5.92 Å². The van der Waals surface area contributed by atoms with Gasteiger partial charge in [-0.25, -0.2) is 0 Å². The van der Waals surface area contributed by atoms with Crippen LogP contribution >= 0.6 is 0 Å². The molecule has 4 nitrogen and oxygen atoms in total. The van der Waals surface area contributed by atoms with Gasteiger partial charge in [0, 0.05) is 12.1 Å². The molecule has 3 rings (SSSR count). The fourth-order valence-electron chi connectivity index (χ4n) is 4.16. The summed E-state index contributed by atoms with van der Waals surface area (Å²) >= 11 is 0. The summed E-state index contributed by atoms with van der Waals surface area (Å²) in [6.07, 6.45) is 9.58. The molecule has 124 valence electrons. The van der Waals surface area contributed by atoms with E-state index in [-0.39, 0.29) is 12.6 Å². The third kappa shape index (κ3) is 3.92. The first-order valence-electron chi connectivity index (χ1n) is 8.90. The predicted molar refractivity (Wildman–Crippen MR) is 87.7 cm³/mol. The Balaban J connectivity index is 1.47. The van der Waals surface area contributed by atoms with Gasteiger partial charge in [-0.05, 0) is 56.8 Å². The lowest BCUT2D eigenvalue weighted by atomic mass is 9.85. The van der Waals surface area contributed by atoms with Gasteiger partial charge in [-0.15, -0.1) is 0 Å². The average molecular weight is 306 g/mol. The zero-order valence-corrected chi connectivity index (χ0v) is 13.7. The fraction of sp³-hybridized carbons (Fsp3) is 0.778. The first-order chi connectivity index (χ1) is 10.8. The summed E-state index contributed by atoms with van der Waals surface area (Å²) in [4.78, 5) is 2.70. The Kier molecular flexibility index (Phi) is 5.55. The number of rotatable bonds is 5. The molecule has 3 atom stereocenters. The highest BCUT2D eigenvalue weighted by atomic mass is 16.3. The van der Waals surface area contributed by atoms with Crippen LogP contribution in [0.2, 0.25) is 0 Å². The molecule has 4 heteroatoms. The molecule has 1 saturated heterocycles. The number of nitrogens with one attached hydrogen (secondary N) is 1. The van der Waals surface area contributed by atoms with Crippen LogP contribution in [-0.2, 0) is 0 Å². The van der Waals surface area contributed by atoms with Crippen molar-refractivity contribution in [2.24, 2.45) is 5.92 Å². The van der Waals surface area contributed by atoms with Crippen LogP contribution in [0.15, 0.2) is 22.8 Å². The molecule has 0 spiro atoms. The number of hydrogen-bond acceptors (Lipinski definition) is 4. The van der Waals surface area contributed by atoms with Crippen molar-refractivity contribution < 1.29 is 9.52 Å². The van der Waals surface area contributed by atoms with Gasteiger partial charge in [-0.3, -0.25) is 0 Å². The van der Waals surface area contributed by atoms with Crippen LogP contribution in [0.4, 0.5) is 0 Å². The third-order valence-corrected chi connectivity index (χ3v) is 5.46. The van der Waals surface area contributed by atoms with Gasteiger partial charge < -0.3 is 19.7 Å². The smallest absolute Gasteiger partial charge is 0.123 e. The minimum atomic E-state index is -0.0683. The summed E-state index contributed by atoms with van der Waals surface area (Å²) in [5, 5.41) is 13.2. The van der Waals surface area contributed by atoms with E-state index in [1.165, 1.54) is 51.6 Å². The molecule has 2 heterocycles. The highest BCUT2D eigenvalue weighted by Crippen LogP contribution is 2.29. The van der Waals surface area contributed by atoms with Crippen LogP contribution in [0.3, 0.4) is 0 Å². The molecule has 22 heavy (non-hydrogen) atoms. The van der Waals surface area contributed by atoms with E-state index in [0.29, 0.717) is 6.04 Å². The predicted octanol–water partition coefficient (Wildman–Crippen LogP) is 2.95. The van der Waals surface area contributed by atoms with E-state index in [9.17, 15) is 5.11 Å². The maximum atomic E-state index is 9.58. The fourth-order valence-corrected chi connectivity index (χ4v) is 4.16. The van der Waals surface area contributed by atoms with Crippen LogP contribution in [0.5, 0.6) is 0 Å². The topological polar surface area (TPSA) is 48.6 Å². The Hall–Kier alpha value is -0.840. The average Bonchev–Trinajstić information content (AvgIpc) is 3.07. The molecular formula is C18H30N2O2. The molecule has 2 aliphatic rings. The number of nitrogens with zero attached hydrogens (tertiary/aromatic N) is 1. The van der Waals surface area contributed by atoms with Gasteiger partial charge in [0.25, 0.3) is 0 Å². The van der Waals surface area contributed by atoms with Crippen molar-refractivity contribution in [3.8, 4) is 0 Å². The summed E-state index contributed by atoms with van der Waals surface area (Å²) in [6.45, 7) is 4.86. The second-order valence-corrected chi connectivity index (χ2v) is 7.15. The molecule has 2 fully saturated rings. The van der Waals surface area contributed by atoms with Crippen molar-refractivity contribution in [1.29, 1.82) is 0 Å². The maximum Gasteiger partial charge on any atom is 0.123 e. The number of aliphatic hydroxyl groups excluding tert-OH is 1. The van der Waals surface area contributed by atoms with Gasteiger partial charge in [0.2, 0.25) is 0 Å². The SMILES string of the molecule is CC1CCCC(N2CCC(NC(CO)c3ccco3)CC2)C1. The summed E-state index contributed by atoms with van der Waals surface area (Å²) in [6, 6.07) is 5.04. The summed E-state index contributed by atoms with van der Waals surface area (Å²) in [5.74, 6) is 1.73. The minimum absolute atomic E-state index is 0.0683. The first-order valence-corrected chi connectivity index (χ1v) is 8.90. The van der Waals surface area contributed by atoms with Crippen LogP contribution < -0.4 is 5.32 Å². The van der Waals surface area contributed by atoms with Crippen molar-refractivity contribution in [2.75, 3.05) is 19.7 Å². The van der Waals surface area contributed by atoms with Crippen molar-refractivity contribution in [3.05, 3.63) is 24.2 Å². The van der Waals surface area contributed by atoms with E-state index in [4.69, 9.17) is 4.42 Å². The molecule has 0 radical (unpaired) electrons. The standard InChI is InChI=1S/C18H30N2O2/c1-14-4-2-5-16(12-14)20-9-7-15(8-10-20)19-17(13-21)18-6-3-11-22-18/h3,6,11,14-17,19,21H,2,4-5,7-10,12-13H2,1H3. The molecule has 2 N–H and O–H groups in total. The van der Waals surface area contributed by atoms with Gasteiger partial charge in [0.1, 0.15) is 5.76 Å². The number of furan rings is 1. The van der Waals surface area contributed by atoms with E-state index in [0.717, 1.165) is 17.7 Å². The Morgan fingerprint density at radius 1 is 1.32 bits per heavy atom. The monoisotopic (exact) mass is 306 g/mol. The zero-order valence-electron chi connectivity index (χ0n) is 13.7. The molecule has 0 bridgehead atoms. The number of hydrogen-bond donors (Lipinski definition) is 2. The maximum absolute atomic E-state index is 9.58. The van der Waals surface area contributed by atoms with Gasteiger partial charge in [0.05, 0.1) is 18.9 Å². The third-order valence-electron chi connectivity index (χ3n) is 5.46. The van der Waals surface area contributed by atoms with Crippen LogP contribution in [-0.4, -0.2) is 41.8 Å². The highest BCUT2D eigenvalue weighted by molar-refractivity contribution is 5.05. The van der Waals surface area contributed by atoms with Crippen LogP contribution in [0.25, 0.3) is 0 Å². The number of aliphatic hydroxyl groups is 1. The van der Waals surface area contributed by atoms with Crippen LogP contribution in [0.1, 0.15) is 57.3 Å². The second-order valence-electron chi connectivity index (χ2n) is 7.15. The van der Waals surface area contributed by atoms with Crippen molar-refractivity contribution in [2.45, 2.75) is 63.6 Å². The summed E-state index contributed by atoms with van der Waals surface area (Å²) in [7, 11) is 0. The minimum Gasteiger partial charge on any atom is -0.468 e. The largest absolute Gasteiger partial charge is 0.468 e. The Bertz CT molecular complexity index is 426. The molecule has 1 aromatic heterocycles. The van der Waals surface area contributed by atoms with Gasteiger partial charge in [0.15, 0.2) is 0 Å². The highest BCUT2D eigenvalue weighted by Gasteiger charge is 2.29. The molecule has 1 aliphatic carbocycles. The summed E-state index contributed by atoms with van der Waals surface area (Å²) in [5.41, 5.74) is 0. The van der Waals surface area contributed by atoms with E-state index in [2.05, 4.69) is 17.1 Å². The van der Waals surface area contributed by atoms with Crippen molar-refractivity contribution >= 4 is 0 Å². The first kappa shape index (κ1) is 16.0. The molecule has 1 aromatic rings. The van der Waals surface area contributed by atoms with Crippen molar-refractivity contribution in [1.82, 2.24) is 10.2 Å². The Labute approximate surface area is 133 Å². The number of likely N-dealkylation sites (tertiary alicyclic amines) is 1. The van der Waals surface area contributed by atoms with E-state index >= 15 is 0 Å². The summed E-state index contributed by atoms with van der Waals surface area (Å²) < 4.78 is 5.42. The van der Waals surface area contributed by atoms with E-state index in [1.807, 2.05) is 12.1 Å². The second kappa shape index (κ2) is 7.62. The lowest BCUT2D eigenvalue weighted by Crippen LogP contribution is -2.48. The molecule has 0 amide bonds. The lowest BCUT2D eigenvalue weighted by Gasteiger charge is -2.41. The van der Waals surface area contributed by atoms with Gasteiger partial charge in [-0.2, -0.15) is 0 Å². The molecule has 0 aromatic carbocycles. The zero-order chi connectivity index (χ0) is 15.4. The van der Waals surface area contributed by atoms with E-state index in [1.54, 1.807) is 6.26 Å². The molecule has 3 unspecified atom stereocenters. The Morgan fingerprint density at radius 2 is 2.14 bits per heavy atom. The molecule has 1 aliphatic heterocycles. The van der Waals surface area contributed by atoms with Gasteiger partial charge >= 0.3 is 0 Å². The van der Waals surface area contributed by atoms with Gasteiger partial charge in [-0.1, -0.05) is 19.8 Å².